The second kappa shape index (κ2) is 6.97. The minimum Gasteiger partial charge on any atom is -0.497 e. The van der Waals surface area contributed by atoms with E-state index in [0.717, 1.165) is 0 Å². The molecule has 0 radical (unpaired) electrons. The Labute approximate surface area is 124 Å². The van der Waals surface area contributed by atoms with Gasteiger partial charge >= 0.3 is 5.97 Å². The molecule has 0 fully saturated rings. The highest BCUT2D eigenvalue weighted by molar-refractivity contribution is 5.82. The third-order valence-corrected chi connectivity index (χ3v) is 3.03. The lowest BCUT2D eigenvalue weighted by molar-refractivity contribution is -0.147. The highest BCUT2D eigenvalue weighted by Crippen LogP contribution is 2.18. The van der Waals surface area contributed by atoms with E-state index in [-0.39, 0.29) is 12.5 Å². The van der Waals surface area contributed by atoms with Crippen LogP contribution in [0.2, 0.25) is 0 Å². The van der Waals surface area contributed by atoms with E-state index in [0.29, 0.717) is 11.5 Å². The highest BCUT2D eigenvalue weighted by atomic mass is 16.5. The SMILES string of the molecule is COc1ccc(OC(C)C(=O)NCC(C)(C)C(=O)O)cc1. The van der Waals surface area contributed by atoms with Crippen molar-refractivity contribution >= 4 is 11.9 Å². The van der Waals surface area contributed by atoms with Crippen molar-refractivity contribution in [3.63, 3.8) is 0 Å². The van der Waals surface area contributed by atoms with Gasteiger partial charge in [-0.1, -0.05) is 0 Å². The van der Waals surface area contributed by atoms with Gasteiger partial charge in [-0.05, 0) is 45.0 Å². The number of carbonyl (C=O) groups excluding carboxylic acids is 1. The van der Waals surface area contributed by atoms with E-state index in [1.807, 2.05) is 0 Å². The molecular weight excluding hydrogens is 274 g/mol. The number of aliphatic carboxylic acids is 1. The Hall–Kier alpha value is -2.24. The summed E-state index contributed by atoms with van der Waals surface area (Å²) in [5.41, 5.74) is -1.02. The molecule has 0 aliphatic rings. The third-order valence-electron chi connectivity index (χ3n) is 3.03. The summed E-state index contributed by atoms with van der Waals surface area (Å²) in [7, 11) is 1.57. The second-order valence-electron chi connectivity index (χ2n) is 5.34. The molecular formula is C15H21NO5. The molecule has 1 atom stereocenters. The van der Waals surface area contributed by atoms with Crippen molar-refractivity contribution < 1.29 is 24.2 Å². The van der Waals surface area contributed by atoms with E-state index in [4.69, 9.17) is 14.6 Å². The topological polar surface area (TPSA) is 84.9 Å². The van der Waals surface area contributed by atoms with Gasteiger partial charge in [0.1, 0.15) is 11.5 Å². The molecule has 116 valence electrons. The number of carboxylic acids is 1. The molecule has 0 spiro atoms. The molecule has 0 saturated carbocycles. The Morgan fingerprint density at radius 1 is 1.24 bits per heavy atom. The molecule has 1 amide bonds. The summed E-state index contributed by atoms with van der Waals surface area (Å²) in [5.74, 6) is -0.0923. The maximum absolute atomic E-state index is 11.9. The zero-order valence-corrected chi connectivity index (χ0v) is 12.7. The number of carbonyl (C=O) groups is 2. The van der Waals surface area contributed by atoms with Gasteiger partial charge in [-0.15, -0.1) is 0 Å². The fourth-order valence-corrected chi connectivity index (χ4v) is 1.44. The molecule has 0 aliphatic heterocycles. The highest BCUT2D eigenvalue weighted by Gasteiger charge is 2.28. The number of carboxylic acid groups (broad SMARTS) is 1. The van der Waals surface area contributed by atoms with Gasteiger partial charge in [0.25, 0.3) is 5.91 Å². The first-order chi connectivity index (χ1) is 9.76. The number of amides is 1. The number of nitrogens with one attached hydrogen (secondary N) is 1. The van der Waals surface area contributed by atoms with E-state index in [1.54, 1.807) is 52.1 Å². The molecule has 1 unspecified atom stereocenters. The van der Waals surface area contributed by atoms with Gasteiger partial charge in [0.05, 0.1) is 12.5 Å². The smallest absolute Gasteiger partial charge is 0.310 e. The van der Waals surface area contributed by atoms with Crippen LogP contribution >= 0.6 is 0 Å². The lowest BCUT2D eigenvalue weighted by atomic mass is 9.94. The molecule has 0 aromatic heterocycles. The molecule has 2 N–H and O–H groups in total. The number of benzene rings is 1. The van der Waals surface area contributed by atoms with Crippen molar-refractivity contribution in [1.82, 2.24) is 5.32 Å². The minimum absolute atomic E-state index is 0.0392. The fourth-order valence-electron chi connectivity index (χ4n) is 1.44. The standard InChI is InChI=1S/C15H21NO5/c1-10(13(17)16-9-15(2,3)14(18)19)21-12-7-5-11(20-4)6-8-12/h5-8,10H,9H2,1-4H3,(H,16,17)(H,18,19). The number of hydrogen-bond donors (Lipinski definition) is 2. The third kappa shape index (κ3) is 4.98. The van der Waals surface area contributed by atoms with Gasteiger partial charge in [-0.2, -0.15) is 0 Å². The van der Waals surface area contributed by atoms with Gasteiger partial charge < -0.3 is 19.9 Å². The van der Waals surface area contributed by atoms with Gasteiger partial charge in [-0.25, -0.2) is 0 Å². The van der Waals surface area contributed by atoms with Crippen LogP contribution in [0, 0.1) is 5.41 Å². The summed E-state index contributed by atoms with van der Waals surface area (Å²) in [6.45, 7) is 4.74. The van der Waals surface area contributed by atoms with Crippen molar-refractivity contribution in [2.24, 2.45) is 5.41 Å². The zero-order chi connectivity index (χ0) is 16.0. The Morgan fingerprint density at radius 2 is 1.76 bits per heavy atom. The predicted molar refractivity (Wildman–Crippen MR) is 77.5 cm³/mol. The van der Waals surface area contributed by atoms with E-state index in [9.17, 15) is 9.59 Å². The maximum Gasteiger partial charge on any atom is 0.310 e. The quantitative estimate of drug-likeness (QED) is 0.799. The molecule has 21 heavy (non-hydrogen) atoms. The molecule has 0 aliphatic carbocycles. The molecule has 1 aromatic rings. The Bertz CT molecular complexity index is 495. The molecule has 6 nitrogen and oxygen atoms in total. The normalized spacial score (nSPS) is 12.4. The summed E-state index contributed by atoms with van der Waals surface area (Å²) >= 11 is 0. The molecule has 1 aromatic carbocycles. The zero-order valence-electron chi connectivity index (χ0n) is 12.7. The van der Waals surface area contributed by atoms with Gasteiger partial charge in [-0.3, -0.25) is 9.59 Å². The average Bonchev–Trinajstić information content (AvgIpc) is 2.45. The molecule has 6 heteroatoms. The average molecular weight is 295 g/mol. The number of ether oxygens (including phenoxy) is 2. The van der Waals surface area contributed by atoms with Crippen LogP contribution in [0.15, 0.2) is 24.3 Å². The lowest BCUT2D eigenvalue weighted by Crippen LogP contribution is -2.43. The van der Waals surface area contributed by atoms with Crippen LogP contribution in [0.25, 0.3) is 0 Å². The van der Waals surface area contributed by atoms with E-state index < -0.39 is 17.5 Å². The van der Waals surface area contributed by atoms with Crippen LogP contribution in [0.5, 0.6) is 11.5 Å². The van der Waals surface area contributed by atoms with Gasteiger partial charge in [0, 0.05) is 6.54 Å². The Morgan fingerprint density at radius 3 is 2.24 bits per heavy atom. The first kappa shape index (κ1) is 16.8. The van der Waals surface area contributed by atoms with Crippen LogP contribution in [-0.2, 0) is 9.59 Å². The predicted octanol–water partition coefficient (Wildman–Crippen LogP) is 1.69. The second-order valence-corrected chi connectivity index (χ2v) is 5.34. The Kier molecular flexibility index (Phi) is 5.58. The summed E-state index contributed by atoms with van der Waals surface area (Å²) in [6, 6.07) is 6.86. The summed E-state index contributed by atoms with van der Waals surface area (Å²) in [4.78, 5) is 22.8. The van der Waals surface area contributed by atoms with E-state index in [2.05, 4.69) is 5.32 Å². The van der Waals surface area contributed by atoms with Crippen LogP contribution < -0.4 is 14.8 Å². The molecule has 1 rings (SSSR count). The van der Waals surface area contributed by atoms with Gasteiger partial charge in [0.2, 0.25) is 0 Å². The maximum atomic E-state index is 11.9. The summed E-state index contributed by atoms with van der Waals surface area (Å²) in [5, 5.41) is 11.6. The van der Waals surface area contributed by atoms with E-state index in [1.165, 1.54) is 0 Å². The van der Waals surface area contributed by atoms with Crippen LogP contribution in [-0.4, -0.2) is 36.7 Å². The van der Waals surface area contributed by atoms with Crippen molar-refractivity contribution in [3.05, 3.63) is 24.3 Å². The number of rotatable bonds is 7. The Balaban J connectivity index is 2.52. The molecule has 0 bridgehead atoms. The summed E-state index contributed by atoms with van der Waals surface area (Å²) < 4.78 is 10.5. The fraction of sp³-hybridized carbons (Fsp3) is 0.467. The van der Waals surface area contributed by atoms with Crippen LogP contribution in [0.4, 0.5) is 0 Å². The van der Waals surface area contributed by atoms with Crippen LogP contribution in [0.1, 0.15) is 20.8 Å². The van der Waals surface area contributed by atoms with E-state index >= 15 is 0 Å². The van der Waals surface area contributed by atoms with Crippen molar-refractivity contribution in [3.8, 4) is 11.5 Å². The van der Waals surface area contributed by atoms with Crippen molar-refractivity contribution in [2.75, 3.05) is 13.7 Å². The van der Waals surface area contributed by atoms with Crippen molar-refractivity contribution in [2.45, 2.75) is 26.9 Å². The summed E-state index contributed by atoms with van der Waals surface area (Å²) in [6.07, 6.45) is -0.719. The monoisotopic (exact) mass is 295 g/mol. The van der Waals surface area contributed by atoms with Gasteiger partial charge in [0.15, 0.2) is 6.10 Å². The largest absolute Gasteiger partial charge is 0.497 e. The minimum atomic E-state index is -1.02. The first-order valence-electron chi connectivity index (χ1n) is 6.58. The van der Waals surface area contributed by atoms with Crippen molar-refractivity contribution in [1.29, 1.82) is 0 Å². The van der Waals surface area contributed by atoms with Crippen LogP contribution in [0.3, 0.4) is 0 Å². The molecule has 0 heterocycles. The first-order valence-corrected chi connectivity index (χ1v) is 6.58. The number of methoxy groups -OCH3 is 1. The number of hydrogen-bond acceptors (Lipinski definition) is 4. The lowest BCUT2D eigenvalue weighted by Gasteiger charge is -2.21. The molecule has 0 saturated heterocycles.